The van der Waals surface area contributed by atoms with Gasteiger partial charge in [0.1, 0.15) is 10.8 Å². The van der Waals surface area contributed by atoms with Crippen molar-refractivity contribution in [3.8, 4) is 16.3 Å². The molecule has 2 heterocycles. The topological polar surface area (TPSA) is 64.1 Å². The lowest BCUT2D eigenvalue weighted by Crippen LogP contribution is -2.28. The van der Waals surface area contributed by atoms with Gasteiger partial charge in [0.05, 0.1) is 30.3 Å². The highest BCUT2D eigenvalue weighted by Crippen LogP contribution is 2.32. The maximum Gasteiger partial charge on any atom is 0.226 e. The van der Waals surface area contributed by atoms with Gasteiger partial charge in [-0.15, -0.1) is 11.3 Å². The lowest BCUT2D eigenvalue weighted by atomic mass is 10.1. The lowest BCUT2D eigenvalue weighted by molar-refractivity contribution is -0.121. The summed E-state index contributed by atoms with van der Waals surface area (Å²) in [5.74, 6) is 0.752. The van der Waals surface area contributed by atoms with E-state index < -0.39 is 0 Å². The van der Waals surface area contributed by atoms with Gasteiger partial charge >= 0.3 is 0 Å². The third kappa shape index (κ3) is 4.46. The van der Waals surface area contributed by atoms with Gasteiger partial charge in [0.2, 0.25) is 5.91 Å². The first-order valence-electron chi connectivity index (χ1n) is 8.53. The van der Waals surface area contributed by atoms with Gasteiger partial charge in [0.15, 0.2) is 0 Å². The fraction of sp³-hybridized carbons (Fsp3) is 0.250. The van der Waals surface area contributed by atoms with Gasteiger partial charge in [0, 0.05) is 17.8 Å². The van der Waals surface area contributed by atoms with E-state index in [2.05, 4.69) is 15.3 Å². The fourth-order valence-electron chi connectivity index (χ4n) is 2.61. The zero-order chi connectivity index (χ0) is 18.4. The van der Waals surface area contributed by atoms with Gasteiger partial charge in [-0.3, -0.25) is 9.78 Å². The van der Waals surface area contributed by atoms with Crippen molar-refractivity contribution < 1.29 is 9.53 Å². The number of ether oxygens (including phenoxy) is 1. The molecular formula is C20H21N3O2S. The van der Waals surface area contributed by atoms with Crippen molar-refractivity contribution in [1.82, 2.24) is 15.3 Å². The Bertz CT molecular complexity index is 864. The van der Waals surface area contributed by atoms with Crippen LogP contribution in [0.3, 0.4) is 0 Å². The summed E-state index contributed by atoms with van der Waals surface area (Å²) in [6.45, 7) is 4.50. The largest absolute Gasteiger partial charge is 0.493 e. The number of hydrogen-bond donors (Lipinski definition) is 1. The van der Waals surface area contributed by atoms with Crippen molar-refractivity contribution in [3.63, 3.8) is 0 Å². The van der Waals surface area contributed by atoms with Crippen LogP contribution in [0.4, 0.5) is 0 Å². The van der Waals surface area contributed by atoms with E-state index in [1.54, 1.807) is 12.4 Å². The van der Waals surface area contributed by atoms with Gasteiger partial charge in [0.25, 0.3) is 0 Å². The number of nitrogens with one attached hydrogen (secondary N) is 1. The summed E-state index contributed by atoms with van der Waals surface area (Å²) in [4.78, 5) is 21.0. The van der Waals surface area contributed by atoms with Crippen LogP contribution in [0.5, 0.6) is 5.75 Å². The normalized spacial score (nSPS) is 11.8. The molecule has 1 amide bonds. The molecule has 134 valence electrons. The first-order chi connectivity index (χ1) is 12.7. The number of thiazole rings is 1. The number of carbonyl (C=O) groups excluding carboxylic acids is 1. The Morgan fingerprint density at radius 1 is 1.27 bits per heavy atom. The van der Waals surface area contributed by atoms with Crippen LogP contribution in [0.25, 0.3) is 10.6 Å². The fourth-order valence-corrected chi connectivity index (χ4v) is 3.46. The smallest absolute Gasteiger partial charge is 0.226 e. The molecule has 0 aliphatic rings. The van der Waals surface area contributed by atoms with Crippen LogP contribution >= 0.6 is 11.3 Å². The highest BCUT2D eigenvalue weighted by Gasteiger charge is 2.14. The minimum atomic E-state index is -0.0898. The zero-order valence-corrected chi connectivity index (χ0v) is 15.6. The predicted octanol–water partition coefficient (Wildman–Crippen LogP) is 4.02. The Kier molecular flexibility index (Phi) is 5.96. The summed E-state index contributed by atoms with van der Waals surface area (Å²) in [6, 6.07) is 11.5. The molecule has 26 heavy (non-hydrogen) atoms. The van der Waals surface area contributed by atoms with Crippen molar-refractivity contribution in [2.24, 2.45) is 0 Å². The Labute approximate surface area is 157 Å². The molecule has 3 rings (SSSR count). The highest BCUT2D eigenvalue weighted by atomic mass is 32.1. The zero-order valence-electron chi connectivity index (χ0n) is 14.8. The number of amides is 1. The third-order valence-electron chi connectivity index (χ3n) is 3.87. The molecule has 1 atom stereocenters. The molecule has 3 aromatic rings. The molecule has 1 N–H and O–H groups in total. The molecule has 5 nitrogen and oxygen atoms in total. The predicted molar refractivity (Wildman–Crippen MR) is 103 cm³/mol. The van der Waals surface area contributed by atoms with Crippen LogP contribution in [-0.2, 0) is 11.2 Å². The number of pyridine rings is 1. The molecule has 0 aliphatic heterocycles. The number of para-hydroxylation sites is 1. The Hall–Kier alpha value is -2.73. The Morgan fingerprint density at radius 2 is 2.12 bits per heavy atom. The number of rotatable bonds is 7. The second-order valence-corrected chi connectivity index (χ2v) is 6.68. The molecule has 0 fully saturated rings. The monoisotopic (exact) mass is 367 g/mol. The van der Waals surface area contributed by atoms with Crippen molar-refractivity contribution in [3.05, 3.63) is 65.4 Å². The summed E-state index contributed by atoms with van der Waals surface area (Å²) in [5.41, 5.74) is 2.69. The summed E-state index contributed by atoms with van der Waals surface area (Å²) < 4.78 is 5.66. The molecule has 0 aliphatic carbocycles. The van der Waals surface area contributed by atoms with E-state index in [1.165, 1.54) is 11.3 Å². The van der Waals surface area contributed by atoms with Crippen molar-refractivity contribution in [2.75, 3.05) is 6.61 Å². The summed E-state index contributed by atoms with van der Waals surface area (Å²) >= 11 is 1.52. The SMILES string of the molecule is CCOc1ccccc1-c1nc(CC(=O)NC(C)c2cccnc2)cs1. The van der Waals surface area contributed by atoms with Crippen molar-refractivity contribution in [2.45, 2.75) is 26.3 Å². The van der Waals surface area contributed by atoms with Crippen LogP contribution < -0.4 is 10.1 Å². The molecular weight excluding hydrogens is 346 g/mol. The Balaban J connectivity index is 1.66. The maximum atomic E-state index is 12.3. The van der Waals surface area contributed by atoms with Gasteiger partial charge in [-0.05, 0) is 37.6 Å². The van der Waals surface area contributed by atoms with E-state index in [9.17, 15) is 4.79 Å². The average Bonchev–Trinajstić information content (AvgIpc) is 3.11. The second-order valence-electron chi connectivity index (χ2n) is 5.83. The van der Waals surface area contributed by atoms with E-state index in [0.717, 1.165) is 27.6 Å². The number of hydrogen-bond acceptors (Lipinski definition) is 5. The van der Waals surface area contributed by atoms with Crippen LogP contribution in [0, 0.1) is 0 Å². The highest BCUT2D eigenvalue weighted by molar-refractivity contribution is 7.13. The van der Waals surface area contributed by atoms with E-state index in [0.29, 0.717) is 6.61 Å². The number of aromatic nitrogens is 2. The quantitative estimate of drug-likeness (QED) is 0.685. The van der Waals surface area contributed by atoms with Crippen molar-refractivity contribution in [1.29, 1.82) is 0 Å². The first kappa shape index (κ1) is 18.1. The minimum Gasteiger partial charge on any atom is -0.493 e. The molecule has 1 aromatic carbocycles. The van der Waals surface area contributed by atoms with E-state index >= 15 is 0 Å². The average molecular weight is 367 g/mol. The molecule has 0 bridgehead atoms. The molecule has 0 saturated carbocycles. The summed E-state index contributed by atoms with van der Waals surface area (Å²) in [7, 11) is 0. The van der Waals surface area contributed by atoms with Crippen LogP contribution in [0.1, 0.15) is 31.1 Å². The van der Waals surface area contributed by atoms with Gasteiger partial charge in [-0.2, -0.15) is 0 Å². The minimum absolute atomic E-state index is 0.0590. The number of nitrogens with zero attached hydrogens (tertiary/aromatic N) is 2. The maximum absolute atomic E-state index is 12.3. The van der Waals surface area contributed by atoms with Crippen LogP contribution in [-0.4, -0.2) is 22.5 Å². The van der Waals surface area contributed by atoms with Crippen LogP contribution in [0.15, 0.2) is 54.2 Å². The Morgan fingerprint density at radius 3 is 2.88 bits per heavy atom. The molecule has 0 spiro atoms. The molecule has 6 heteroatoms. The molecule has 2 aromatic heterocycles. The number of carbonyl (C=O) groups is 1. The third-order valence-corrected chi connectivity index (χ3v) is 4.80. The van der Waals surface area contributed by atoms with Crippen LogP contribution in [0.2, 0.25) is 0 Å². The molecule has 0 saturated heterocycles. The first-order valence-corrected chi connectivity index (χ1v) is 9.41. The van der Waals surface area contributed by atoms with E-state index in [4.69, 9.17) is 4.74 Å². The van der Waals surface area contributed by atoms with Gasteiger partial charge in [-0.1, -0.05) is 18.2 Å². The summed E-state index contributed by atoms with van der Waals surface area (Å²) in [6.07, 6.45) is 3.73. The standard InChI is InChI=1S/C20H21N3O2S/c1-3-25-18-9-5-4-8-17(18)20-23-16(13-26-20)11-19(24)22-14(2)15-7-6-10-21-12-15/h4-10,12-14H,3,11H2,1-2H3,(H,22,24). The molecule has 0 radical (unpaired) electrons. The van der Waals surface area contributed by atoms with Crippen molar-refractivity contribution >= 4 is 17.2 Å². The number of benzene rings is 1. The van der Waals surface area contributed by atoms with Gasteiger partial charge < -0.3 is 10.1 Å². The molecule has 1 unspecified atom stereocenters. The van der Waals surface area contributed by atoms with E-state index in [1.807, 2.05) is 55.6 Å². The summed E-state index contributed by atoms with van der Waals surface area (Å²) in [5, 5.41) is 5.77. The van der Waals surface area contributed by atoms with E-state index in [-0.39, 0.29) is 18.4 Å². The second kappa shape index (κ2) is 8.58. The van der Waals surface area contributed by atoms with Gasteiger partial charge in [-0.25, -0.2) is 4.98 Å². The lowest BCUT2D eigenvalue weighted by Gasteiger charge is -2.13.